The molecule has 0 aromatic heterocycles. The van der Waals surface area contributed by atoms with Crippen LogP contribution in [0.25, 0.3) is 0 Å². The van der Waals surface area contributed by atoms with Crippen molar-refractivity contribution in [2.45, 2.75) is 33.0 Å². The molecule has 2 atom stereocenters. The van der Waals surface area contributed by atoms with Crippen LogP contribution < -0.4 is 10.4 Å². The van der Waals surface area contributed by atoms with Gasteiger partial charge in [0.15, 0.2) is 0 Å². The van der Waals surface area contributed by atoms with Crippen molar-refractivity contribution in [3.05, 3.63) is 23.8 Å². The molecule has 0 bridgehead atoms. The summed E-state index contributed by atoms with van der Waals surface area (Å²) in [4.78, 5) is 2.42. The van der Waals surface area contributed by atoms with Crippen molar-refractivity contribution in [3.8, 4) is 0 Å². The molecule has 0 spiro atoms. The Hall–Kier alpha value is -0.955. The van der Waals surface area contributed by atoms with Gasteiger partial charge in [-0.05, 0) is 32.9 Å². The first-order valence-electron chi connectivity index (χ1n) is 6.04. The smallest absolute Gasteiger partial charge is 0.139 e. The first-order valence-corrected chi connectivity index (χ1v) is 6.04. The second kappa shape index (κ2) is 4.50. The SMILES string of the molecule is Bc1ccc(N2C[C@@H](C)O[C@@H](C)C2)cc1C. The minimum absolute atomic E-state index is 0.324. The van der Waals surface area contributed by atoms with Crippen LogP contribution in [0.1, 0.15) is 19.4 Å². The average molecular weight is 217 g/mol. The van der Waals surface area contributed by atoms with E-state index in [-0.39, 0.29) is 0 Å². The summed E-state index contributed by atoms with van der Waals surface area (Å²) >= 11 is 0. The van der Waals surface area contributed by atoms with Crippen molar-refractivity contribution < 1.29 is 4.74 Å². The summed E-state index contributed by atoms with van der Waals surface area (Å²) in [7, 11) is 2.16. The van der Waals surface area contributed by atoms with Crippen molar-refractivity contribution in [1.29, 1.82) is 0 Å². The molecule has 0 N–H and O–H groups in total. The molecule has 1 heterocycles. The number of ether oxygens (including phenoxy) is 1. The van der Waals surface area contributed by atoms with E-state index in [4.69, 9.17) is 4.74 Å². The molecule has 86 valence electrons. The quantitative estimate of drug-likeness (QED) is 0.647. The van der Waals surface area contributed by atoms with Gasteiger partial charge in [0, 0.05) is 18.8 Å². The highest BCUT2D eigenvalue weighted by atomic mass is 16.5. The minimum Gasteiger partial charge on any atom is -0.372 e. The van der Waals surface area contributed by atoms with Gasteiger partial charge in [0.25, 0.3) is 0 Å². The van der Waals surface area contributed by atoms with Crippen molar-refractivity contribution in [3.63, 3.8) is 0 Å². The molecule has 2 rings (SSSR count). The zero-order valence-electron chi connectivity index (χ0n) is 10.7. The molecule has 1 fully saturated rings. The minimum atomic E-state index is 0.324. The molecule has 1 aliphatic rings. The molecule has 1 aliphatic heterocycles. The van der Waals surface area contributed by atoms with Gasteiger partial charge in [0.05, 0.1) is 12.2 Å². The van der Waals surface area contributed by atoms with Gasteiger partial charge in [0.2, 0.25) is 0 Å². The van der Waals surface area contributed by atoms with Crippen molar-refractivity contribution in [2.75, 3.05) is 18.0 Å². The highest BCUT2D eigenvalue weighted by molar-refractivity contribution is 6.33. The third kappa shape index (κ3) is 2.41. The van der Waals surface area contributed by atoms with Gasteiger partial charge in [0.1, 0.15) is 7.85 Å². The Morgan fingerprint density at radius 1 is 1.25 bits per heavy atom. The Kier molecular flexibility index (Phi) is 3.24. The van der Waals surface area contributed by atoms with Gasteiger partial charge in [-0.25, -0.2) is 0 Å². The van der Waals surface area contributed by atoms with Gasteiger partial charge in [-0.1, -0.05) is 17.1 Å². The predicted molar refractivity (Wildman–Crippen MR) is 71.6 cm³/mol. The van der Waals surface area contributed by atoms with Crippen molar-refractivity contribution >= 4 is 19.0 Å². The van der Waals surface area contributed by atoms with E-state index in [2.05, 4.69) is 51.7 Å². The number of benzene rings is 1. The molecule has 1 saturated heterocycles. The lowest BCUT2D eigenvalue weighted by atomic mass is 9.91. The lowest BCUT2D eigenvalue weighted by Crippen LogP contribution is -2.45. The first kappa shape index (κ1) is 11.5. The van der Waals surface area contributed by atoms with Crippen molar-refractivity contribution in [1.82, 2.24) is 0 Å². The average Bonchev–Trinajstić information content (AvgIpc) is 2.20. The fourth-order valence-corrected chi connectivity index (χ4v) is 2.31. The number of hydrogen-bond acceptors (Lipinski definition) is 2. The third-order valence-corrected chi connectivity index (χ3v) is 3.28. The summed E-state index contributed by atoms with van der Waals surface area (Å²) in [6.45, 7) is 8.44. The van der Waals surface area contributed by atoms with Crippen LogP contribution in [-0.4, -0.2) is 33.1 Å². The van der Waals surface area contributed by atoms with E-state index in [9.17, 15) is 0 Å². The maximum atomic E-state index is 5.75. The topological polar surface area (TPSA) is 12.5 Å². The molecule has 0 saturated carbocycles. The summed E-state index contributed by atoms with van der Waals surface area (Å²) in [5, 5.41) is 0. The largest absolute Gasteiger partial charge is 0.372 e. The summed E-state index contributed by atoms with van der Waals surface area (Å²) in [6, 6.07) is 6.70. The molecule has 0 amide bonds. The molecule has 16 heavy (non-hydrogen) atoms. The zero-order chi connectivity index (χ0) is 11.7. The lowest BCUT2D eigenvalue weighted by molar-refractivity contribution is -0.00521. The highest BCUT2D eigenvalue weighted by Crippen LogP contribution is 2.20. The molecular formula is C13H20BNO. The van der Waals surface area contributed by atoms with Crippen LogP contribution in [0.15, 0.2) is 18.2 Å². The van der Waals surface area contributed by atoms with Gasteiger partial charge >= 0.3 is 0 Å². The number of anilines is 1. The first-order chi connectivity index (χ1) is 7.56. The molecule has 1 aromatic carbocycles. The van der Waals surface area contributed by atoms with Gasteiger partial charge in [-0.2, -0.15) is 0 Å². The second-order valence-corrected chi connectivity index (χ2v) is 4.93. The summed E-state index contributed by atoms with van der Waals surface area (Å²) in [6.07, 6.45) is 0.649. The highest BCUT2D eigenvalue weighted by Gasteiger charge is 2.22. The molecular weight excluding hydrogens is 197 g/mol. The Balaban J connectivity index is 2.19. The normalized spacial score (nSPS) is 25.8. The van der Waals surface area contributed by atoms with E-state index >= 15 is 0 Å². The molecule has 0 unspecified atom stereocenters. The van der Waals surface area contributed by atoms with Crippen LogP contribution in [0.5, 0.6) is 0 Å². The van der Waals surface area contributed by atoms with E-state index in [0.717, 1.165) is 13.1 Å². The number of rotatable bonds is 1. The van der Waals surface area contributed by atoms with Crippen LogP contribution in [0.2, 0.25) is 0 Å². The van der Waals surface area contributed by atoms with E-state index in [1.54, 1.807) is 0 Å². The maximum absolute atomic E-state index is 5.75. The Bertz CT molecular complexity index is 370. The molecule has 1 aromatic rings. The Morgan fingerprint density at radius 3 is 2.44 bits per heavy atom. The van der Waals surface area contributed by atoms with Gasteiger partial charge in [-0.15, -0.1) is 0 Å². The maximum Gasteiger partial charge on any atom is 0.139 e. The number of hydrogen-bond donors (Lipinski definition) is 0. The van der Waals surface area contributed by atoms with Crippen LogP contribution in [-0.2, 0) is 4.74 Å². The zero-order valence-corrected chi connectivity index (χ0v) is 10.7. The van der Waals surface area contributed by atoms with Crippen LogP contribution in [0.4, 0.5) is 5.69 Å². The van der Waals surface area contributed by atoms with Crippen molar-refractivity contribution in [2.24, 2.45) is 0 Å². The van der Waals surface area contributed by atoms with E-state index in [1.807, 2.05) is 0 Å². The Labute approximate surface area is 99.0 Å². The molecule has 0 aliphatic carbocycles. The van der Waals surface area contributed by atoms with Crippen LogP contribution in [0.3, 0.4) is 0 Å². The van der Waals surface area contributed by atoms with Crippen LogP contribution >= 0.6 is 0 Å². The van der Waals surface area contributed by atoms with E-state index in [1.165, 1.54) is 16.7 Å². The summed E-state index contributed by atoms with van der Waals surface area (Å²) in [5.74, 6) is 0. The molecule has 0 radical (unpaired) electrons. The van der Waals surface area contributed by atoms with E-state index in [0.29, 0.717) is 12.2 Å². The lowest BCUT2D eigenvalue weighted by Gasteiger charge is -2.37. The predicted octanol–water partition coefficient (Wildman–Crippen LogP) is 0.867. The molecule has 3 heteroatoms. The summed E-state index contributed by atoms with van der Waals surface area (Å²) in [5.41, 5.74) is 4.05. The fraction of sp³-hybridized carbons (Fsp3) is 0.538. The monoisotopic (exact) mass is 217 g/mol. The number of morpholine rings is 1. The second-order valence-electron chi connectivity index (χ2n) is 4.93. The summed E-state index contributed by atoms with van der Waals surface area (Å²) < 4.78 is 5.75. The number of nitrogens with zero attached hydrogens (tertiary/aromatic N) is 1. The Morgan fingerprint density at radius 2 is 1.88 bits per heavy atom. The fourth-order valence-electron chi connectivity index (χ4n) is 2.31. The third-order valence-electron chi connectivity index (χ3n) is 3.28. The molecule has 2 nitrogen and oxygen atoms in total. The van der Waals surface area contributed by atoms with Gasteiger partial charge in [-0.3, -0.25) is 0 Å². The number of aryl methyl sites for hydroxylation is 1. The van der Waals surface area contributed by atoms with Crippen LogP contribution in [0, 0.1) is 6.92 Å². The standard InChI is InChI=1S/C13H20BNO/c1-9-6-12(4-5-13(9)14)15-7-10(2)16-11(3)8-15/h4-6,10-11H,7-8,14H2,1-3H3/t10-,11+. The van der Waals surface area contributed by atoms with Gasteiger partial charge < -0.3 is 9.64 Å². The van der Waals surface area contributed by atoms with E-state index < -0.39 is 0 Å².